The number of thiophene rings is 1. The largest absolute Gasteiger partial charge is 0.490 e. The number of halogens is 3. The number of hydrogen-bond donors (Lipinski definition) is 1. The second-order valence-corrected chi connectivity index (χ2v) is 7.38. The molecule has 0 radical (unpaired) electrons. The summed E-state index contributed by atoms with van der Waals surface area (Å²) in [6, 6.07) is 3.86. The monoisotopic (exact) mass is 408 g/mol. The zero-order valence-corrected chi connectivity index (χ0v) is 15.8. The highest BCUT2D eigenvalue weighted by atomic mass is 32.1. The first kappa shape index (κ1) is 21.6. The van der Waals surface area contributed by atoms with E-state index >= 15 is 0 Å². The van der Waals surface area contributed by atoms with Crippen LogP contribution in [0.5, 0.6) is 0 Å². The maximum atomic E-state index is 12.4. The SMILES string of the molecule is CCN1CCOCC12CCN(C(=O)c1cccs1)CC2.O=C(O)C(F)(F)F. The summed E-state index contributed by atoms with van der Waals surface area (Å²) in [7, 11) is 0. The Bertz CT molecular complexity index is 629. The molecular formula is C17H23F3N2O4S. The quantitative estimate of drug-likeness (QED) is 0.815. The van der Waals surface area contributed by atoms with Crippen LogP contribution in [0.4, 0.5) is 13.2 Å². The van der Waals surface area contributed by atoms with Gasteiger partial charge in [-0.05, 0) is 30.8 Å². The summed E-state index contributed by atoms with van der Waals surface area (Å²) in [5.74, 6) is -2.57. The Kier molecular flexibility index (Phi) is 7.24. The fraction of sp³-hybridized carbons (Fsp3) is 0.647. The minimum absolute atomic E-state index is 0.166. The topological polar surface area (TPSA) is 70.1 Å². The maximum absolute atomic E-state index is 12.4. The summed E-state index contributed by atoms with van der Waals surface area (Å²) in [5.41, 5.74) is 0.166. The van der Waals surface area contributed by atoms with Crippen molar-refractivity contribution in [3.63, 3.8) is 0 Å². The molecule has 2 saturated heterocycles. The number of alkyl halides is 3. The molecule has 0 atom stereocenters. The second-order valence-electron chi connectivity index (χ2n) is 6.43. The molecule has 0 bridgehead atoms. The average Bonchev–Trinajstić information content (AvgIpc) is 3.16. The number of amides is 1. The number of likely N-dealkylation sites (tertiary alicyclic amines) is 1. The molecule has 3 heterocycles. The van der Waals surface area contributed by atoms with E-state index in [1.807, 2.05) is 22.4 Å². The lowest BCUT2D eigenvalue weighted by molar-refractivity contribution is -0.192. The van der Waals surface area contributed by atoms with Gasteiger partial charge in [-0.3, -0.25) is 9.69 Å². The fourth-order valence-electron chi connectivity index (χ4n) is 3.40. The van der Waals surface area contributed by atoms with E-state index in [9.17, 15) is 18.0 Å². The Morgan fingerprint density at radius 2 is 1.93 bits per heavy atom. The lowest BCUT2D eigenvalue weighted by atomic mass is 9.85. The summed E-state index contributed by atoms with van der Waals surface area (Å²) >= 11 is 1.53. The fourth-order valence-corrected chi connectivity index (χ4v) is 4.09. The molecule has 152 valence electrons. The van der Waals surface area contributed by atoms with Crippen molar-refractivity contribution in [1.29, 1.82) is 0 Å². The first-order valence-corrected chi connectivity index (χ1v) is 9.53. The normalized spacial score (nSPS) is 20.1. The highest BCUT2D eigenvalue weighted by Crippen LogP contribution is 2.32. The van der Waals surface area contributed by atoms with E-state index in [0.717, 1.165) is 57.1 Å². The van der Waals surface area contributed by atoms with Crippen LogP contribution in [0, 0.1) is 0 Å². The van der Waals surface area contributed by atoms with E-state index < -0.39 is 12.1 Å². The molecule has 0 unspecified atom stereocenters. The number of nitrogens with zero attached hydrogens (tertiary/aromatic N) is 2. The van der Waals surface area contributed by atoms with Gasteiger partial charge in [0.05, 0.1) is 18.1 Å². The molecular weight excluding hydrogens is 385 g/mol. The van der Waals surface area contributed by atoms with E-state index in [1.165, 1.54) is 11.3 Å². The number of morpholine rings is 1. The van der Waals surface area contributed by atoms with Crippen molar-refractivity contribution in [2.75, 3.05) is 39.4 Å². The zero-order chi connectivity index (χ0) is 20.1. The molecule has 1 aromatic rings. The summed E-state index contributed by atoms with van der Waals surface area (Å²) in [5, 5.41) is 9.09. The Morgan fingerprint density at radius 1 is 1.30 bits per heavy atom. The van der Waals surface area contributed by atoms with Crippen molar-refractivity contribution in [2.24, 2.45) is 0 Å². The molecule has 6 nitrogen and oxygen atoms in total. The Morgan fingerprint density at radius 3 is 2.41 bits per heavy atom. The number of rotatable bonds is 2. The molecule has 2 fully saturated rings. The van der Waals surface area contributed by atoms with E-state index in [4.69, 9.17) is 14.6 Å². The number of carboxylic acids is 1. The van der Waals surface area contributed by atoms with Gasteiger partial charge in [0, 0.05) is 25.2 Å². The van der Waals surface area contributed by atoms with Crippen LogP contribution < -0.4 is 0 Å². The molecule has 10 heteroatoms. The molecule has 0 aromatic carbocycles. The Balaban J connectivity index is 0.000000321. The summed E-state index contributed by atoms with van der Waals surface area (Å²) in [6.07, 6.45) is -3.03. The van der Waals surface area contributed by atoms with E-state index in [-0.39, 0.29) is 11.4 Å². The maximum Gasteiger partial charge on any atom is 0.490 e. The number of ether oxygens (including phenoxy) is 1. The van der Waals surface area contributed by atoms with Gasteiger partial charge < -0.3 is 14.7 Å². The molecule has 1 spiro atoms. The molecule has 2 aliphatic heterocycles. The van der Waals surface area contributed by atoms with Crippen molar-refractivity contribution < 1.29 is 32.6 Å². The van der Waals surface area contributed by atoms with Crippen LogP contribution in [0.15, 0.2) is 17.5 Å². The minimum Gasteiger partial charge on any atom is -0.475 e. The lowest BCUT2D eigenvalue weighted by Gasteiger charge is -2.50. The summed E-state index contributed by atoms with van der Waals surface area (Å²) in [4.78, 5) is 26.7. The number of aliphatic carboxylic acids is 1. The second kappa shape index (κ2) is 9.03. The third kappa shape index (κ3) is 5.43. The first-order chi connectivity index (χ1) is 12.7. The van der Waals surface area contributed by atoms with Crippen molar-refractivity contribution in [1.82, 2.24) is 9.80 Å². The summed E-state index contributed by atoms with van der Waals surface area (Å²) < 4.78 is 37.5. The molecule has 2 aliphatic rings. The van der Waals surface area contributed by atoms with Crippen LogP contribution in [-0.4, -0.2) is 77.9 Å². The van der Waals surface area contributed by atoms with Gasteiger partial charge in [-0.1, -0.05) is 13.0 Å². The van der Waals surface area contributed by atoms with Crippen LogP contribution >= 0.6 is 11.3 Å². The third-order valence-corrected chi connectivity index (χ3v) is 5.74. The number of likely N-dealkylation sites (N-methyl/N-ethyl adjacent to an activating group) is 1. The molecule has 0 saturated carbocycles. The van der Waals surface area contributed by atoms with Crippen molar-refractivity contribution in [3.8, 4) is 0 Å². The van der Waals surface area contributed by atoms with Crippen LogP contribution in [0.25, 0.3) is 0 Å². The standard InChI is InChI=1S/C15H22N2O2S.C2HF3O2/c1-2-17-9-10-19-12-15(17)5-7-16(8-6-15)14(18)13-4-3-11-20-13;3-2(4,5)1(6)7/h3-4,11H,2,5-10,12H2,1H3;(H,6,7). The first-order valence-electron chi connectivity index (χ1n) is 8.65. The van der Waals surface area contributed by atoms with E-state index in [1.54, 1.807) is 0 Å². The predicted molar refractivity (Wildman–Crippen MR) is 93.9 cm³/mol. The molecule has 3 rings (SSSR count). The van der Waals surface area contributed by atoms with Gasteiger partial charge >= 0.3 is 12.1 Å². The highest BCUT2D eigenvalue weighted by molar-refractivity contribution is 7.12. The Hall–Kier alpha value is -1.65. The summed E-state index contributed by atoms with van der Waals surface area (Å²) in [6.45, 7) is 7.66. The van der Waals surface area contributed by atoms with E-state index in [2.05, 4.69) is 11.8 Å². The van der Waals surface area contributed by atoms with Gasteiger partial charge in [0.25, 0.3) is 5.91 Å². The smallest absolute Gasteiger partial charge is 0.475 e. The number of hydrogen-bond acceptors (Lipinski definition) is 5. The van der Waals surface area contributed by atoms with Gasteiger partial charge in [0.1, 0.15) is 0 Å². The number of carbonyl (C=O) groups excluding carboxylic acids is 1. The van der Waals surface area contributed by atoms with Crippen molar-refractivity contribution >= 4 is 23.2 Å². The van der Waals surface area contributed by atoms with Gasteiger partial charge in [0.15, 0.2) is 0 Å². The Labute approximate surface area is 159 Å². The van der Waals surface area contributed by atoms with Gasteiger partial charge in [-0.15, -0.1) is 11.3 Å². The molecule has 1 N–H and O–H groups in total. The molecule has 1 aromatic heterocycles. The van der Waals surface area contributed by atoms with Gasteiger partial charge in [-0.2, -0.15) is 13.2 Å². The van der Waals surface area contributed by atoms with Crippen LogP contribution in [0.2, 0.25) is 0 Å². The number of carboxylic acid groups (broad SMARTS) is 1. The van der Waals surface area contributed by atoms with Crippen LogP contribution in [-0.2, 0) is 9.53 Å². The van der Waals surface area contributed by atoms with Gasteiger partial charge in [-0.25, -0.2) is 4.79 Å². The average molecular weight is 408 g/mol. The van der Waals surface area contributed by atoms with E-state index in [0.29, 0.717) is 0 Å². The minimum atomic E-state index is -5.08. The van der Waals surface area contributed by atoms with Crippen molar-refractivity contribution in [2.45, 2.75) is 31.5 Å². The molecule has 1 amide bonds. The predicted octanol–water partition coefficient (Wildman–Crippen LogP) is 2.71. The number of piperidine rings is 1. The molecule has 27 heavy (non-hydrogen) atoms. The van der Waals surface area contributed by atoms with Crippen LogP contribution in [0.1, 0.15) is 29.4 Å². The lowest BCUT2D eigenvalue weighted by Crippen LogP contribution is -2.61. The van der Waals surface area contributed by atoms with Crippen molar-refractivity contribution in [3.05, 3.63) is 22.4 Å². The molecule has 0 aliphatic carbocycles. The van der Waals surface area contributed by atoms with Gasteiger partial charge in [0.2, 0.25) is 0 Å². The zero-order valence-electron chi connectivity index (χ0n) is 15.0. The van der Waals surface area contributed by atoms with Crippen LogP contribution in [0.3, 0.4) is 0 Å². The number of carbonyl (C=O) groups is 2. The third-order valence-electron chi connectivity index (χ3n) is 4.88. The highest BCUT2D eigenvalue weighted by Gasteiger charge is 2.42.